The number of fused-ring (bicyclic) bond motifs is 1. The average Bonchev–Trinajstić information content (AvgIpc) is 2.73. The highest BCUT2D eigenvalue weighted by atomic mass is 16.5. The Labute approximate surface area is 172 Å². The maximum atomic E-state index is 13.5. The maximum Gasteiger partial charge on any atom is 0.258 e. The third-order valence-corrected chi connectivity index (χ3v) is 5.66. The number of β-amino-alcohol motifs (C(OH)–C–C–N with tert-alkyl or cyclic N) is 1. The number of carbonyl (C=O) groups is 1. The van der Waals surface area contributed by atoms with Gasteiger partial charge in [0.05, 0.1) is 19.8 Å². The molecule has 0 aliphatic carbocycles. The van der Waals surface area contributed by atoms with Crippen LogP contribution in [0.3, 0.4) is 0 Å². The first kappa shape index (κ1) is 21.1. The van der Waals surface area contributed by atoms with Gasteiger partial charge in [-0.15, -0.1) is 0 Å². The summed E-state index contributed by atoms with van der Waals surface area (Å²) in [6, 6.07) is 11.4. The highest BCUT2D eigenvalue weighted by Gasteiger charge is 2.42. The molecular weight excluding hydrogens is 368 g/mol. The van der Waals surface area contributed by atoms with Crippen LogP contribution in [0.25, 0.3) is 0 Å². The SMILES string of the molecule is CCN(CC)C(=O)c1c(C2(O)CN(C)Cc3ccccc32)ccc(OC)c1OC. The van der Waals surface area contributed by atoms with Crippen LogP contribution in [0, 0.1) is 0 Å². The lowest BCUT2D eigenvalue weighted by Gasteiger charge is -2.41. The molecule has 0 fully saturated rings. The molecule has 1 N–H and O–H groups in total. The Morgan fingerprint density at radius 3 is 2.41 bits per heavy atom. The molecule has 0 saturated carbocycles. The summed E-state index contributed by atoms with van der Waals surface area (Å²) in [5.74, 6) is 0.633. The van der Waals surface area contributed by atoms with Crippen LogP contribution in [0.2, 0.25) is 0 Å². The molecule has 2 aromatic rings. The first-order chi connectivity index (χ1) is 13.9. The molecule has 1 unspecified atom stereocenters. The van der Waals surface area contributed by atoms with Gasteiger partial charge in [-0.3, -0.25) is 9.69 Å². The Morgan fingerprint density at radius 2 is 1.79 bits per heavy atom. The van der Waals surface area contributed by atoms with Crippen LogP contribution in [0.4, 0.5) is 0 Å². The largest absolute Gasteiger partial charge is 0.493 e. The smallest absolute Gasteiger partial charge is 0.258 e. The van der Waals surface area contributed by atoms with Crippen molar-refractivity contribution in [2.24, 2.45) is 0 Å². The van der Waals surface area contributed by atoms with E-state index in [2.05, 4.69) is 4.90 Å². The number of hydrogen-bond donors (Lipinski definition) is 1. The van der Waals surface area contributed by atoms with Crippen LogP contribution in [0.5, 0.6) is 11.5 Å². The van der Waals surface area contributed by atoms with Crippen molar-refractivity contribution in [2.75, 3.05) is 40.9 Å². The normalized spacial score (nSPS) is 18.8. The van der Waals surface area contributed by atoms with E-state index in [1.807, 2.05) is 45.2 Å². The predicted octanol–water partition coefficient (Wildman–Crippen LogP) is 2.87. The summed E-state index contributed by atoms with van der Waals surface area (Å²) < 4.78 is 11.1. The van der Waals surface area contributed by atoms with Crippen LogP contribution in [0.1, 0.15) is 40.9 Å². The molecular formula is C23H30N2O4. The zero-order valence-electron chi connectivity index (χ0n) is 17.9. The van der Waals surface area contributed by atoms with E-state index in [4.69, 9.17) is 9.47 Å². The number of likely N-dealkylation sites (N-methyl/N-ethyl adjacent to an activating group) is 1. The van der Waals surface area contributed by atoms with Crippen LogP contribution in [0.15, 0.2) is 36.4 Å². The molecule has 3 rings (SSSR count). The lowest BCUT2D eigenvalue weighted by molar-refractivity contribution is 0.0264. The average molecular weight is 399 g/mol. The van der Waals surface area contributed by atoms with Gasteiger partial charge in [-0.1, -0.05) is 30.3 Å². The van der Waals surface area contributed by atoms with Gasteiger partial charge in [-0.25, -0.2) is 0 Å². The van der Waals surface area contributed by atoms with Crippen LogP contribution in [-0.4, -0.2) is 61.7 Å². The van der Waals surface area contributed by atoms with Crippen molar-refractivity contribution in [1.82, 2.24) is 9.80 Å². The summed E-state index contributed by atoms with van der Waals surface area (Å²) in [4.78, 5) is 17.3. The van der Waals surface area contributed by atoms with E-state index >= 15 is 0 Å². The number of methoxy groups -OCH3 is 2. The summed E-state index contributed by atoms with van der Waals surface area (Å²) in [6.45, 7) is 6.11. The highest BCUT2D eigenvalue weighted by molar-refractivity contribution is 6.00. The molecule has 1 aliphatic rings. The Bertz CT molecular complexity index is 894. The molecule has 0 aromatic heterocycles. The molecule has 0 bridgehead atoms. The van der Waals surface area contributed by atoms with Crippen molar-refractivity contribution in [3.05, 3.63) is 58.7 Å². The molecule has 29 heavy (non-hydrogen) atoms. The van der Waals surface area contributed by atoms with Crippen molar-refractivity contribution in [3.8, 4) is 11.5 Å². The minimum absolute atomic E-state index is 0.181. The zero-order valence-corrected chi connectivity index (χ0v) is 17.9. The summed E-state index contributed by atoms with van der Waals surface area (Å²) in [5.41, 5.74) is 1.40. The Hall–Kier alpha value is -2.57. The van der Waals surface area contributed by atoms with Crippen LogP contribution >= 0.6 is 0 Å². The monoisotopic (exact) mass is 398 g/mol. The van der Waals surface area contributed by atoms with E-state index in [0.717, 1.165) is 17.7 Å². The van der Waals surface area contributed by atoms with Crippen molar-refractivity contribution in [1.29, 1.82) is 0 Å². The van der Waals surface area contributed by atoms with E-state index in [1.54, 1.807) is 24.1 Å². The third-order valence-electron chi connectivity index (χ3n) is 5.66. The molecule has 0 spiro atoms. The number of hydrogen-bond acceptors (Lipinski definition) is 5. The molecule has 1 amide bonds. The molecule has 156 valence electrons. The topological polar surface area (TPSA) is 62.2 Å². The zero-order chi connectivity index (χ0) is 21.2. The summed E-state index contributed by atoms with van der Waals surface area (Å²) in [7, 11) is 5.03. The predicted molar refractivity (Wildman–Crippen MR) is 113 cm³/mol. The van der Waals surface area contributed by atoms with E-state index in [0.29, 0.717) is 42.3 Å². The standard InChI is InChI=1S/C23H30N2O4/c1-6-25(7-2)22(26)20-18(12-13-19(28-4)21(20)29-5)23(27)15-24(3)14-16-10-8-9-11-17(16)23/h8-13,27H,6-7,14-15H2,1-5H3. The van der Waals surface area contributed by atoms with E-state index in [1.165, 1.54) is 7.11 Å². The molecule has 1 atom stereocenters. The molecule has 1 aliphatic heterocycles. The Morgan fingerprint density at radius 1 is 1.10 bits per heavy atom. The van der Waals surface area contributed by atoms with E-state index in [-0.39, 0.29) is 5.91 Å². The number of benzene rings is 2. The minimum Gasteiger partial charge on any atom is -0.493 e. The fraction of sp³-hybridized carbons (Fsp3) is 0.435. The van der Waals surface area contributed by atoms with Gasteiger partial charge < -0.3 is 19.5 Å². The molecule has 6 heteroatoms. The number of carbonyl (C=O) groups excluding carboxylic acids is 1. The third kappa shape index (κ3) is 3.58. The van der Waals surface area contributed by atoms with E-state index in [9.17, 15) is 9.90 Å². The fourth-order valence-electron chi connectivity index (χ4n) is 4.27. The van der Waals surface area contributed by atoms with Gasteiger partial charge in [0.15, 0.2) is 11.5 Å². The number of nitrogens with zero attached hydrogens (tertiary/aromatic N) is 2. The lowest BCUT2D eigenvalue weighted by atomic mass is 9.78. The van der Waals surface area contributed by atoms with Gasteiger partial charge in [0, 0.05) is 31.7 Å². The van der Waals surface area contributed by atoms with Crippen molar-refractivity contribution in [3.63, 3.8) is 0 Å². The number of aliphatic hydroxyl groups is 1. The van der Waals surface area contributed by atoms with Crippen LogP contribution in [-0.2, 0) is 12.1 Å². The van der Waals surface area contributed by atoms with Crippen LogP contribution < -0.4 is 9.47 Å². The van der Waals surface area contributed by atoms with Crippen molar-refractivity contribution in [2.45, 2.75) is 26.0 Å². The fourth-order valence-corrected chi connectivity index (χ4v) is 4.27. The quantitative estimate of drug-likeness (QED) is 0.811. The van der Waals surface area contributed by atoms with Crippen molar-refractivity contribution < 1.29 is 19.4 Å². The van der Waals surface area contributed by atoms with E-state index < -0.39 is 5.60 Å². The second-order valence-electron chi connectivity index (χ2n) is 7.39. The lowest BCUT2D eigenvalue weighted by Crippen LogP contribution is -2.46. The Balaban J connectivity index is 2.31. The molecule has 1 heterocycles. The van der Waals surface area contributed by atoms with Gasteiger partial charge in [0.2, 0.25) is 0 Å². The number of amides is 1. The second-order valence-corrected chi connectivity index (χ2v) is 7.39. The maximum absolute atomic E-state index is 13.5. The molecule has 0 saturated heterocycles. The number of ether oxygens (including phenoxy) is 2. The number of rotatable bonds is 6. The molecule has 2 aromatic carbocycles. The van der Waals surface area contributed by atoms with Crippen molar-refractivity contribution >= 4 is 5.91 Å². The summed E-state index contributed by atoms with van der Waals surface area (Å²) in [6.07, 6.45) is 0. The summed E-state index contributed by atoms with van der Waals surface area (Å²) in [5, 5.41) is 12.0. The first-order valence-electron chi connectivity index (χ1n) is 9.95. The highest BCUT2D eigenvalue weighted by Crippen LogP contribution is 2.44. The van der Waals surface area contributed by atoms with Gasteiger partial charge in [-0.2, -0.15) is 0 Å². The Kier molecular flexibility index (Phi) is 6.15. The van der Waals surface area contributed by atoms with Gasteiger partial charge in [0.25, 0.3) is 5.91 Å². The molecule has 6 nitrogen and oxygen atoms in total. The first-order valence-corrected chi connectivity index (χ1v) is 9.95. The van der Waals surface area contributed by atoms with Gasteiger partial charge in [0.1, 0.15) is 5.60 Å². The summed E-state index contributed by atoms with van der Waals surface area (Å²) >= 11 is 0. The van der Waals surface area contributed by atoms with Gasteiger partial charge >= 0.3 is 0 Å². The minimum atomic E-state index is -1.35. The van der Waals surface area contributed by atoms with Gasteiger partial charge in [-0.05, 0) is 38.1 Å². The molecule has 0 radical (unpaired) electrons. The second kappa shape index (κ2) is 8.43.